The van der Waals surface area contributed by atoms with Crippen molar-refractivity contribution >= 4 is 23.0 Å². The summed E-state index contributed by atoms with van der Waals surface area (Å²) in [5.74, 6) is 0.431. The van der Waals surface area contributed by atoms with Crippen LogP contribution in [-0.4, -0.2) is 28.0 Å². The van der Waals surface area contributed by atoms with Crippen LogP contribution in [0.4, 0.5) is 15.9 Å². The van der Waals surface area contributed by atoms with Crippen molar-refractivity contribution in [1.82, 2.24) is 15.0 Å². The molecule has 1 saturated carbocycles. The van der Waals surface area contributed by atoms with Crippen LogP contribution in [0.5, 0.6) is 0 Å². The fourth-order valence-electron chi connectivity index (χ4n) is 3.17. The number of aromatic nitrogens is 3. The van der Waals surface area contributed by atoms with Gasteiger partial charge in [-0.25, -0.2) is 19.2 Å². The van der Waals surface area contributed by atoms with Crippen LogP contribution in [0.15, 0.2) is 54.3 Å². The van der Waals surface area contributed by atoms with Gasteiger partial charge in [0.2, 0.25) is 0 Å². The Morgan fingerprint density at radius 3 is 2.71 bits per heavy atom. The van der Waals surface area contributed by atoms with Gasteiger partial charge in [0, 0.05) is 29.7 Å². The second-order valence-electron chi connectivity index (χ2n) is 7.12. The monoisotopic (exact) mass is 422 g/mol. The third-order valence-electron chi connectivity index (χ3n) is 4.99. The summed E-state index contributed by atoms with van der Waals surface area (Å²) in [5, 5.41) is 3.23. The van der Waals surface area contributed by atoms with Crippen molar-refractivity contribution in [1.29, 1.82) is 0 Å². The molecule has 0 aromatic carbocycles. The Labute approximate surface area is 182 Å². The van der Waals surface area contributed by atoms with Gasteiger partial charge in [-0.3, -0.25) is 4.98 Å². The number of pyridine rings is 1. The summed E-state index contributed by atoms with van der Waals surface area (Å²) < 4.78 is 19.4. The summed E-state index contributed by atoms with van der Waals surface area (Å²) in [6.07, 6.45) is 12.4. The van der Waals surface area contributed by atoms with Crippen molar-refractivity contribution in [2.45, 2.75) is 46.0 Å². The van der Waals surface area contributed by atoms with Crippen LogP contribution in [0.1, 0.15) is 67.7 Å². The second-order valence-corrected chi connectivity index (χ2v) is 7.12. The summed E-state index contributed by atoms with van der Waals surface area (Å²) in [6, 6.07) is 1.69. The van der Waals surface area contributed by atoms with Gasteiger partial charge >= 0.3 is 5.97 Å². The molecule has 2 aliphatic carbocycles. The largest absolute Gasteiger partial charge is 0.465 e. The molecule has 0 aliphatic heterocycles. The van der Waals surface area contributed by atoms with E-state index in [9.17, 15) is 9.18 Å². The molecule has 0 bridgehead atoms. The van der Waals surface area contributed by atoms with Gasteiger partial charge in [0.15, 0.2) is 5.82 Å². The molecule has 1 fully saturated rings. The first-order valence-electron chi connectivity index (χ1n) is 10.5. The highest BCUT2D eigenvalue weighted by atomic mass is 19.1. The smallest absolute Gasteiger partial charge is 0.341 e. The van der Waals surface area contributed by atoms with E-state index in [1.54, 1.807) is 24.5 Å². The van der Waals surface area contributed by atoms with Crippen molar-refractivity contribution < 1.29 is 13.9 Å². The average molecular weight is 423 g/mol. The number of rotatable bonds is 5. The maximum absolute atomic E-state index is 14.6. The van der Waals surface area contributed by atoms with Gasteiger partial charge < -0.3 is 10.1 Å². The number of hydrogen-bond acceptors (Lipinski definition) is 6. The second kappa shape index (κ2) is 10.1. The number of methoxy groups -OCH3 is 1. The Balaban J connectivity index is 0.00000132. The summed E-state index contributed by atoms with van der Waals surface area (Å²) in [5.41, 5.74) is 3.22. The highest BCUT2D eigenvalue weighted by Crippen LogP contribution is 2.43. The third kappa shape index (κ3) is 5.23. The van der Waals surface area contributed by atoms with E-state index in [4.69, 9.17) is 4.74 Å². The first kappa shape index (κ1) is 22.3. The maximum atomic E-state index is 14.6. The molecule has 0 amide bonds. The number of nitrogens with zero attached hydrogens (tertiary/aromatic N) is 3. The highest BCUT2D eigenvalue weighted by molar-refractivity contribution is 5.96. The number of esters is 1. The molecule has 0 unspecified atom stereocenters. The molecule has 2 heterocycles. The molecular formula is C24H27FN4O2. The Morgan fingerprint density at radius 1 is 1.23 bits per heavy atom. The molecule has 0 radical (unpaired) electrons. The molecule has 162 valence electrons. The predicted octanol–water partition coefficient (Wildman–Crippen LogP) is 5.89. The van der Waals surface area contributed by atoms with Gasteiger partial charge in [-0.05, 0) is 44.2 Å². The zero-order valence-electron chi connectivity index (χ0n) is 18.3. The van der Waals surface area contributed by atoms with E-state index in [-0.39, 0.29) is 5.83 Å². The molecule has 0 atom stereocenters. The SMILES string of the molecule is CC.COC(=O)c1cnccc1Nc1nc(C2=C(F)C=CC(C)=CC2)ncc1C1CC1. The molecule has 31 heavy (non-hydrogen) atoms. The van der Waals surface area contributed by atoms with Crippen LogP contribution in [-0.2, 0) is 4.74 Å². The van der Waals surface area contributed by atoms with Crippen LogP contribution >= 0.6 is 0 Å². The molecule has 1 N–H and O–H groups in total. The number of hydrogen-bond donors (Lipinski definition) is 1. The van der Waals surface area contributed by atoms with Crippen molar-refractivity contribution in [3.05, 3.63) is 71.2 Å². The standard InChI is InChI=1S/C22H21FN4O2.C2H6/c1-13-3-7-15(18(23)8-4-13)20-25-12-16(14-5-6-14)21(27-20)26-19-9-10-24-11-17(19)22(28)29-2;1-2/h3-4,8-12,14H,5-7H2,1-2H3,(H,24,25,26,27);1-2H3. The Hall–Kier alpha value is -3.35. The van der Waals surface area contributed by atoms with E-state index in [0.29, 0.717) is 40.8 Å². The topological polar surface area (TPSA) is 77.0 Å². The summed E-state index contributed by atoms with van der Waals surface area (Å²) in [7, 11) is 1.32. The lowest BCUT2D eigenvalue weighted by Gasteiger charge is -2.14. The van der Waals surface area contributed by atoms with Crippen molar-refractivity contribution in [3.63, 3.8) is 0 Å². The minimum Gasteiger partial charge on any atom is -0.465 e. The number of anilines is 2. The van der Waals surface area contributed by atoms with Gasteiger partial charge in [-0.1, -0.05) is 31.6 Å². The molecule has 2 aromatic rings. The zero-order valence-corrected chi connectivity index (χ0v) is 18.3. The first-order chi connectivity index (χ1) is 15.1. The van der Waals surface area contributed by atoms with Gasteiger partial charge in [0.1, 0.15) is 17.2 Å². The van der Waals surface area contributed by atoms with Crippen molar-refractivity contribution in [2.24, 2.45) is 0 Å². The summed E-state index contributed by atoms with van der Waals surface area (Å²) >= 11 is 0. The number of halogens is 1. The number of ether oxygens (including phenoxy) is 1. The van der Waals surface area contributed by atoms with E-state index < -0.39 is 5.97 Å². The quantitative estimate of drug-likeness (QED) is 0.605. The number of allylic oxidation sites excluding steroid dienone is 6. The fourth-order valence-corrected chi connectivity index (χ4v) is 3.17. The van der Waals surface area contributed by atoms with Crippen molar-refractivity contribution in [2.75, 3.05) is 12.4 Å². The van der Waals surface area contributed by atoms with E-state index >= 15 is 0 Å². The average Bonchev–Trinajstić information content (AvgIpc) is 3.65. The zero-order chi connectivity index (χ0) is 22.4. The molecule has 2 aliphatic rings. The van der Waals surface area contributed by atoms with Crippen molar-refractivity contribution in [3.8, 4) is 0 Å². The minimum absolute atomic E-state index is 0.304. The van der Waals surface area contributed by atoms with Crippen LogP contribution in [0.3, 0.4) is 0 Å². The molecule has 7 heteroatoms. The molecule has 4 rings (SSSR count). The lowest BCUT2D eigenvalue weighted by atomic mass is 10.1. The van der Waals surface area contributed by atoms with E-state index in [0.717, 1.165) is 24.0 Å². The lowest BCUT2D eigenvalue weighted by molar-refractivity contribution is 0.0601. The van der Waals surface area contributed by atoms with Crippen LogP contribution < -0.4 is 5.32 Å². The molecular weight excluding hydrogens is 395 g/mol. The van der Waals surface area contributed by atoms with E-state index in [1.807, 2.05) is 26.8 Å². The van der Waals surface area contributed by atoms with E-state index in [1.165, 1.54) is 19.4 Å². The first-order valence-corrected chi connectivity index (χ1v) is 10.5. The molecule has 0 spiro atoms. The highest BCUT2D eigenvalue weighted by Gasteiger charge is 2.29. The van der Waals surface area contributed by atoms with Gasteiger partial charge in [-0.2, -0.15) is 0 Å². The lowest BCUT2D eigenvalue weighted by Crippen LogP contribution is -2.09. The molecule has 0 saturated heterocycles. The molecule has 6 nitrogen and oxygen atoms in total. The summed E-state index contributed by atoms with van der Waals surface area (Å²) in [4.78, 5) is 25.2. The van der Waals surface area contributed by atoms with Gasteiger partial charge in [0.05, 0.1) is 12.8 Å². The normalized spacial score (nSPS) is 15.5. The maximum Gasteiger partial charge on any atom is 0.341 e. The Bertz CT molecular complexity index is 1060. The van der Waals surface area contributed by atoms with Crippen LogP contribution in [0, 0.1) is 0 Å². The number of carbonyl (C=O) groups excluding carboxylic acids is 1. The van der Waals surface area contributed by atoms with Crippen LogP contribution in [0.25, 0.3) is 5.57 Å². The number of nitrogens with one attached hydrogen (secondary N) is 1. The number of carbonyl (C=O) groups is 1. The van der Waals surface area contributed by atoms with E-state index in [2.05, 4.69) is 20.3 Å². The van der Waals surface area contributed by atoms with Crippen LogP contribution in [0.2, 0.25) is 0 Å². The summed E-state index contributed by atoms with van der Waals surface area (Å²) in [6.45, 7) is 5.93. The predicted molar refractivity (Wildman–Crippen MR) is 120 cm³/mol. The minimum atomic E-state index is -0.494. The third-order valence-corrected chi connectivity index (χ3v) is 4.99. The fraction of sp³-hybridized carbons (Fsp3) is 0.333. The van der Waals surface area contributed by atoms with Gasteiger partial charge in [0.25, 0.3) is 0 Å². The molecule has 2 aromatic heterocycles. The van der Waals surface area contributed by atoms with Gasteiger partial charge in [-0.15, -0.1) is 0 Å². The Morgan fingerprint density at radius 2 is 2.00 bits per heavy atom. The Kier molecular flexibility index (Phi) is 7.28.